The highest BCUT2D eigenvalue weighted by atomic mass is 19.1. The summed E-state index contributed by atoms with van der Waals surface area (Å²) in [6.07, 6.45) is 0.567. The van der Waals surface area contributed by atoms with Gasteiger partial charge in [-0.25, -0.2) is 14.0 Å². The van der Waals surface area contributed by atoms with Crippen molar-refractivity contribution < 1.29 is 28.3 Å². The number of piperazine rings is 1. The first-order valence-electron chi connectivity index (χ1n) is 17.5. The molecule has 0 aliphatic carbocycles. The van der Waals surface area contributed by atoms with Crippen molar-refractivity contribution in [3.8, 4) is 5.75 Å². The van der Waals surface area contributed by atoms with E-state index in [9.17, 15) is 23.6 Å². The number of carbonyl (C=O) groups excluding carboxylic acids is 4. The molecule has 276 valence electrons. The Labute approximate surface area is 308 Å². The minimum atomic E-state index is -0.866. The van der Waals surface area contributed by atoms with E-state index in [0.717, 1.165) is 21.9 Å². The fraction of sp³-hybridized carbons (Fsp3) is 0.300. The molecule has 0 saturated carbocycles. The lowest BCUT2D eigenvalue weighted by Gasteiger charge is -2.46. The number of hydrogen-bond acceptors (Lipinski definition) is 7. The molecule has 2 atom stereocenters. The number of hydrogen-bond donors (Lipinski definition) is 2. The number of urea groups is 1. The predicted octanol–water partition coefficient (Wildman–Crippen LogP) is 4.37. The third-order valence-electron chi connectivity index (χ3n) is 9.40. The largest absolute Gasteiger partial charge is 0.412 e. The number of nitrogens with zero attached hydrogens (tertiary/aromatic N) is 5. The van der Waals surface area contributed by atoms with Gasteiger partial charge in [-0.3, -0.25) is 14.6 Å². The number of nitrogens with one attached hydrogen (secondary N) is 2. The molecule has 6 rings (SSSR count). The van der Waals surface area contributed by atoms with Gasteiger partial charge >= 0.3 is 12.1 Å². The van der Waals surface area contributed by atoms with E-state index in [0.29, 0.717) is 30.9 Å². The summed E-state index contributed by atoms with van der Waals surface area (Å²) in [6, 6.07) is 25.4. The van der Waals surface area contributed by atoms with Crippen LogP contribution in [0.15, 0.2) is 104 Å². The zero-order valence-electron chi connectivity index (χ0n) is 29.9. The number of amides is 5. The van der Waals surface area contributed by atoms with Crippen LogP contribution in [0.3, 0.4) is 0 Å². The summed E-state index contributed by atoms with van der Waals surface area (Å²) in [4.78, 5) is 59.6. The van der Waals surface area contributed by atoms with Gasteiger partial charge < -0.3 is 30.1 Å². The second kappa shape index (κ2) is 16.7. The molecule has 0 spiro atoms. The Morgan fingerprint density at radius 3 is 2.40 bits per heavy atom. The van der Waals surface area contributed by atoms with Crippen molar-refractivity contribution in [3.63, 3.8) is 0 Å². The molecule has 2 N–H and O–H groups in total. The van der Waals surface area contributed by atoms with E-state index < -0.39 is 24.3 Å². The fourth-order valence-corrected chi connectivity index (χ4v) is 6.77. The van der Waals surface area contributed by atoms with Crippen LogP contribution in [0.1, 0.15) is 16.7 Å². The molecule has 0 bridgehead atoms. The summed E-state index contributed by atoms with van der Waals surface area (Å²) in [6.45, 7) is 5.55. The van der Waals surface area contributed by atoms with Crippen molar-refractivity contribution in [2.75, 3.05) is 46.8 Å². The van der Waals surface area contributed by atoms with Crippen LogP contribution in [0.5, 0.6) is 5.75 Å². The first-order valence-corrected chi connectivity index (χ1v) is 17.5. The second-order valence-electron chi connectivity index (χ2n) is 13.4. The Kier molecular flexibility index (Phi) is 11.7. The smallest absolute Gasteiger partial charge is 0.410 e. The summed E-state index contributed by atoms with van der Waals surface area (Å²) < 4.78 is 18.9. The van der Waals surface area contributed by atoms with Gasteiger partial charge in [0.05, 0.1) is 19.6 Å². The normalized spacial score (nSPS) is 17.2. The Balaban J connectivity index is 1.25. The van der Waals surface area contributed by atoms with E-state index in [4.69, 9.17) is 4.74 Å². The van der Waals surface area contributed by atoms with Crippen LogP contribution in [-0.4, -0.2) is 108 Å². The standard InChI is InChI=1S/C40H44FN7O5/c1-4-21-46(39(51)43-24-29-12-16-32(41)17-13-29)47-27-37(49)48-35(23-28-14-18-33(19-15-28)53-40(52)42-20-22-44(2)3)38(50)45(26-36(47)48)25-31-10-7-9-30-8-5-6-11-34(30)31/h4-19,35-36H,1,20-27H2,2-3H3,(H,42,52)(H,43,51)/t35-,36+/m0/s1. The van der Waals surface area contributed by atoms with Crippen molar-refractivity contribution in [1.29, 1.82) is 0 Å². The maximum Gasteiger partial charge on any atom is 0.412 e. The highest BCUT2D eigenvalue weighted by molar-refractivity contribution is 5.92. The number of fused-ring (bicyclic) bond motifs is 2. The van der Waals surface area contributed by atoms with Crippen LogP contribution in [0, 0.1) is 5.82 Å². The molecule has 2 aliphatic rings. The molecule has 12 nitrogen and oxygen atoms in total. The van der Waals surface area contributed by atoms with Crippen molar-refractivity contribution in [2.24, 2.45) is 0 Å². The average molecular weight is 722 g/mol. The quantitative estimate of drug-likeness (QED) is 0.197. The zero-order chi connectivity index (χ0) is 37.5. The maximum absolute atomic E-state index is 14.4. The zero-order valence-corrected chi connectivity index (χ0v) is 29.9. The highest BCUT2D eigenvalue weighted by Gasteiger charge is 2.52. The van der Waals surface area contributed by atoms with Gasteiger partial charge in [0, 0.05) is 32.6 Å². The summed E-state index contributed by atoms with van der Waals surface area (Å²) in [5.41, 5.74) is 2.44. The number of carbonyl (C=O) groups is 4. The van der Waals surface area contributed by atoms with Crippen molar-refractivity contribution >= 4 is 34.7 Å². The second-order valence-corrected chi connectivity index (χ2v) is 13.4. The van der Waals surface area contributed by atoms with E-state index in [1.54, 1.807) is 57.3 Å². The number of likely N-dealkylation sites (N-methyl/N-ethyl adjacent to an activating group) is 1. The van der Waals surface area contributed by atoms with Crippen LogP contribution >= 0.6 is 0 Å². The molecule has 2 heterocycles. The average Bonchev–Trinajstić information content (AvgIpc) is 3.47. The topological polar surface area (TPSA) is 118 Å². The first-order chi connectivity index (χ1) is 25.6. The third-order valence-corrected chi connectivity index (χ3v) is 9.40. The van der Waals surface area contributed by atoms with E-state index >= 15 is 0 Å². The number of hydrazine groups is 1. The van der Waals surface area contributed by atoms with Gasteiger partial charge in [-0.2, -0.15) is 5.01 Å². The van der Waals surface area contributed by atoms with E-state index in [1.807, 2.05) is 61.5 Å². The van der Waals surface area contributed by atoms with Crippen LogP contribution in [0.4, 0.5) is 14.0 Å². The fourth-order valence-electron chi connectivity index (χ4n) is 6.77. The molecular weight excluding hydrogens is 677 g/mol. The number of ether oxygens (including phenoxy) is 1. The van der Waals surface area contributed by atoms with Gasteiger partial charge in [-0.05, 0) is 65.8 Å². The van der Waals surface area contributed by atoms with E-state index in [1.165, 1.54) is 17.1 Å². The monoisotopic (exact) mass is 721 g/mol. The number of benzene rings is 4. The van der Waals surface area contributed by atoms with Crippen LogP contribution in [-0.2, 0) is 29.1 Å². The molecule has 5 amide bonds. The van der Waals surface area contributed by atoms with E-state index in [-0.39, 0.29) is 50.2 Å². The summed E-state index contributed by atoms with van der Waals surface area (Å²) in [5, 5.41) is 10.8. The molecule has 13 heteroatoms. The van der Waals surface area contributed by atoms with Gasteiger partial charge in [0.2, 0.25) is 11.8 Å². The molecule has 2 saturated heterocycles. The number of rotatable bonds is 13. The molecule has 2 aliphatic heterocycles. The molecule has 4 aromatic carbocycles. The molecule has 0 radical (unpaired) electrons. The minimum Gasteiger partial charge on any atom is -0.410 e. The Morgan fingerprint density at radius 2 is 1.66 bits per heavy atom. The van der Waals surface area contributed by atoms with Crippen LogP contribution in [0.25, 0.3) is 10.8 Å². The summed E-state index contributed by atoms with van der Waals surface area (Å²) in [5.74, 6) is -0.521. The lowest BCUT2D eigenvalue weighted by Crippen LogP contribution is -2.66. The molecule has 53 heavy (non-hydrogen) atoms. The molecular formula is C40H44FN7O5. The van der Waals surface area contributed by atoms with Crippen molar-refractivity contribution in [2.45, 2.75) is 31.7 Å². The summed E-state index contributed by atoms with van der Waals surface area (Å²) >= 11 is 0. The van der Waals surface area contributed by atoms with E-state index in [2.05, 4.69) is 17.2 Å². The Bertz CT molecular complexity index is 1950. The Morgan fingerprint density at radius 1 is 0.943 bits per heavy atom. The summed E-state index contributed by atoms with van der Waals surface area (Å²) in [7, 11) is 3.82. The first kappa shape index (κ1) is 37.0. The molecule has 2 fully saturated rings. The lowest BCUT2D eigenvalue weighted by molar-refractivity contribution is -0.157. The minimum absolute atomic E-state index is 0.110. The SMILES string of the molecule is C=CCN(C(=O)NCc1ccc(F)cc1)N1CC(=O)N2[C@@H](Cc3ccc(OC(=O)NCCN(C)C)cc3)C(=O)N(Cc3cccc4ccccc34)C[C@@H]21. The highest BCUT2D eigenvalue weighted by Crippen LogP contribution is 2.31. The third kappa shape index (κ3) is 8.82. The Hall–Kier alpha value is -5.79. The van der Waals surface area contributed by atoms with Crippen LogP contribution < -0.4 is 15.4 Å². The van der Waals surface area contributed by atoms with Gasteiger partial charge in [0.25, 0.3) is 0 Å². The molecule has 0 unspecified atom stereocenters. The molecule has 4 aromatic rings. The molecule has 0 aromatic heterocycles. The van der Waals surface area contributed by atoms with Crippen molar-refractivity contribution in [3.05, 3.63) is 126 Å². The maximum atomic E-state index is 14.4. The number of halogens is 1. The van der Waals surface area contributed by atoms with Gasteiger partial charge in [-0.15, -0.1) is 6.58 Å². The van der Waals surface area contributed by atoms with Crippen molar-refractivity contribution in [1.82, 2.24) is 35.4 Å². The lowest BCUT2D eigenvalue weighted by atomic mass is 9.99. The van der Waals surface area contributed by atoms with Gasteiger partial charge in [-0.1, -0.05) is 72.8 Å². The van der Waals surface area contributed by atoms with Gasteiger partial charge in [0.15, 0.2) is 0 Å². The van der Waals surface area contributed by atoms with Crippen LogP contribution in [0.2, 0.25) is 0 Å². The predicted molar refractivity (Wildman–Crippen MR) is 199 cm³/mol. The van der Waals surface area contributed by atoms with Gasteiger partial charge in [0.1, 0.15) is 23.8 Å².